The van der Waals surface area contributed by atoms with E-state index in [0.717, 1.165) is 25.2 Å². The maximum Gasteiger partial charge on any atom is 0.259 e. The molecule has 2 N–H and O–H groups in total. The molecule has 2 aromatic heterocycles. The number of amides is 1. The summed E-state index contributed by atoms with van der Waals surface area (Å²) in [5.41, 5.74) is 2.60. The van der Waals surface area contributed by atoms with E-state index in [0.29, 0.717) is 34.8 Å². The van der Waals surface area contributed by atoms with Crippen molar-refractivity contribution in [1.29, 1.82) is 0 Å². The minimum absolute atomic E-state index is 0.0730. The van der Waals surface area contributed by atoms with Crippen molar-refractivity contribution in [3.63, 3.8) is 0 Å². The molecule has 3 heterocycles. The van der Waals surface area contributed by atoms with Gasteiger partial charge in [-0.2, -0.15) is 0 Å². The molecule has 0 saturated carbocycles. The van der Waals surface area contributed by atoms with Crippen molar-refractivity contribution >= 4 is 17.0 Å². The van der Waals surface area contributed by atoms with E-state index in [9.17, 15) is 4.79 Å². The number of hydrogen-bond donors (Lipinski definition) is 2. The lowest BCUT2D eigenvalue weighted by Gasteiger charge is -2.23. The molecule has 2 aromatic rings. The van der Waals surface area contributed by atoms with Crippen LogP contribution in [0.3, 0.4) is 0 Å². The summed E-state index contributed by atoms with van der Waals surface area (Å²) in [4.78, 5) is 17.2. The Kier molecular flexibility index (Phi) is 4.61. The molecule has 124 valence electrons. The lowest BCUT2D eigenvalue weighted by molar-refractivity contribution is 0.0946. The average Bonchev–Trinajstić information content (AvgIpc) is 2.94. The van der Waals surface area contributed by atoms with E-state index < -0.39 is 0 Å². The maximum atomic E-state index is 12.7. The van der Waals surface area contributed by atoms with E-state index in [-0.39, 0.29) is 11.8 Å². The zero-order chi connectivity index (χ0) is 16.4. The molecular formula is C17H24N4O2. The number of piperidine rings is 1. The molecule has 0 radical (unpaired) electrons. The van der Waals surface area contributed by atoms with Crippen LogP contribution in [0.4, 0.5) is 0 Å². The molecule has 3 rings (SSSR count). The molecule has 0 spiro atoms. The lowest BCUT2D eigenvalue weighted by Crippen LogP contribution is -2.38. The number of carbonyl (C=O) groups is 1. The fraction of sp³-hybridized carbons (Fsp3) is 0.588. The lowest BCUT2D eigenvalue weighted by atomic mass is 9.99. The van der Waals surface area contributed by atoms with E-state index >= 15 is 0 Å². The van der Waals surface area contributed by atoms with Gasteiger partial charge in [0.05, 0.1) is 16.6 Å². The highest BCUT2D eigenvalue weighted by Crippen LogP contribution is 2.25. The van der Waals surface area contributed by atoms with Gasteiger partial charge in [0.25, 0.3) is 11.6 Å². The third-order valence-corrected chi connectivity index (χ3v) is 4.42. The van der Waals surface area contributed by atoms with Crippen molar-refractivity contribution in [3.05, 3.63) is 23.0 Å². The molecule has 1 aliphatic rings. The van der Waals surface area contributed by atoms with Gasteiger partial charge in [-0.25, -0.2) is 4.98 Å². The predicted octanol–water partition coefficient (Wildman–Crippen LogP) is 2.38. The maximum absolute atomic E-state index is 12.7. The zero-order valence-electron chi connectivity index (χ0n) is 14.0. The van der Waals surface area contributed by atoms with Gasteiger partial charge in [-0.3, -0.25) is 4.79 Å². The third-order valence-electron chi connectivity index (χ3n) is 4.42. The smallest absolute Gasteiger partial charge is 0.259 e. The first kappa shape index (κ1) is 15.9. The van der Waals surface area contributed by atoms with Crippen LogP contribution in [0.1, 0.15) is 54.4 Å². The Hall–Kier alpha value is -1.95. The van der Waals surface area contributed by atoms with Gasteiger partial charge in [0.2, 0.25) is 0 Å². The highest BCUT2D eigenvalue weighted by atomic mass is 16.5. The van der Waals surface area contributed by atoms with Gasteiger partial charge in [0.1, 0.15) is 0 Å². The molecule has 6 nitrogen and oxygen atoms in total. The standard InChI is InChI=1S/C17H24N4O2/c1-10(2)14-7-13(15-11(3)21-23-17(15)20-14)16(22)19-9-12-5-4-6-18-8-12/h7,10,12,18H,4-6,8-9H2,1-3H3,(H,19,22). The number of nitrogens with one attached hydrogen (secondary N) is 2. The third kappa shape index (κ3) is 3.37. The molecule has 0 aliphatic carbocycles. The van der Waals surface area contributed by atoms with Gasteiger partial charge < -0.3 is 15.2 Å². The minimum atomic E-state index is -0.0730. The number of rotatable bonds is 4. The van der Waals surface area contributed by atoms with Gasteiger partial charge in [-0.05, 0) is 50.8 Å². The van der Waals surface area contributed by atoms with Crippen molar-refractivity contribution in [3.8, 4) is 0 Å². The fourth-order valence-electron chi connectivity index (χ4n) is 3.02. The van der Waals surface area contributed by atoms with Gasteiger partial charge in [0, 0.05) is 12.2 Å². The van der Waals surface area contributed by atoms with E-state index in [1.54, 1.807) is 0 Å². The summed E-state index contributed by atoms with van der Waals surface area (Å²) in [6.45, 7) is 8.67. The number of pyridine rings is 1. The Labute approximate surface area is 136 Å². The van der Waals surface area contributed by atoms with Crippen molar-refractivity contribution in [2.24, 2.45) is 5.92 Å². The highest BCUT2D eigenvalue weighted by molar-refractivity contribution is 6.06. The SMILES string of the molecule is Cc1noc2nc(C(C)C)cc(C(=O)NCC3CCCNC3)c12. The first-order valence-corrected chi connectivity index (χ1v) is 8.32. The van der Waals surface area contributed by atoms with E-state index in [1.807, 2.05) is 26.8 Å². The summed E-state index contributed by atoms with van der Waals surface area (Å²) in [5, 5.41) is 11.1. The zero-order valence-corrected chi connectivity index (χ0v) is 14.0. The van der Waals surface area contributed by atoms with Crippen LogP contribution in [-0.2, 0) is 0 Å². The van der Waals surface area contributed by atoms with Crippen LogP contribution in [0.25, 0.3) is 11.1 Å². The summed E-state index contributed by atoms with van der Waals surface area (Å²) >= 11 is 0. The topological polar surface area (TPSA) is 80.0 Å². The normalized spacial score (nSPS) is 18.5. The monoisotopic (exact) mass is 316 g/mol. The second-order valence-electron chi connectivity index (χ2n) is 6.62. The van der Waals surface area contributed by atoms with Crippen molar-refractivity contribution in [2.45, 2.75) is 39.5 Å². The first-order valence-electron chi connectivity index (χ1n) is 8.32. The van der Waals surface area contributed by atoms with Gasteiger partial charge in [-0.1, -0.05) is 19.0 Å². The Balaban J connectivity index is 1.84. The number of aryl methyl sites for hydroxylation is 1. The average molecular weight is 316 g/mol. The second kappa shape index (κ2) is 6.66. The van der Waals surface area contributed by atoms with Gasteiger partial charge in [0.15, 0.2) is 0 Å². The van der Waals surface area contributed by atoms with Crippen LogP contribution >= 0.6 is 0 Å². The predicted molar refractivity (Wildman–Crippen MR) is 88.6 cm³/mol. The molecule has 1 atom stereocenters. The molecule has 1 fully saturated rings. The second-order valence-corrected chi connectivity index (χ2v) is 6.62. The van der Waals surface area contributed by atoms with Crippen molar-refractivity contribution < 1.29 is 9.32 Å². The first-order chi connectivity index (χ1) is 11.1. The summed E-state index contributed by atoms with van der Waals surface area (Å²) in [6.07, 6.45) is 2.32. The van der Waals surface area contributed by atoms with Crippen LogP contribution in [0.5, 0.6) is 0 Å². The Morgan fingerprint density at radius 2 is 2.35 bits per heavy atom. The number of fused-ring (bicyclic) bond motifs is 1. The van der Waals surface area contributed by atoms with Gasteiger partial charge >= 0.3 is 0 Å². The summed E-state index contributed by atoms with van der Waals surface area (Å²) < 4.78 is 5.27. The molecule has 1 aliphatic heterocycles. The molecule has 1 saturated heterocycles. The summed E-state index contributed by atoms with van der Waals surface area (Å²) in [6, 6.07) is 1.87. The van der Waals surface area contributed by atoms with Crippen LogP contribution < -0.4 is 10.6 Å². The van der Waals surface area contributed by atoms with Crippen LogP contribution in [-0.4, -0.2) is 35.7 Å². The summed E-state index contributed by atoms with van der Waals surface area (Å²) in [5.74, 6) is 0.647. The van der Waals surface area contributed by atoms with Crippen LogP contribution in [0.2, 0.25) is 0 Å². The molecule has 0 aromatic carbocycles. The largest absolute Gasteiger partial charge is 0.352 e. The van der Waals surface area contributed by atoms with Crippen LogP contribution in [0.15, 0.2) is 10.6 Å². The quantitative estimate of drug-likeness (QED) is 0.905. The molecule has 23 heavy (non-hydrogen) atoms. The molecule has 1 unspecified atom stereocenters. The molecule has 0 bridgehead atoms. The molecular weight excluding hydrogens is 292 g/mol. The Morgan fingerprint density at radius 1 is 1.52 bits per heavy atom. The Morgan fingerprint density at radius 3 is 3.04 bits per heavy atom. The number of nitrogens with zero attached hydrogens (tertiary/aromatic N) is 2. The number of carbonyl (C=O) groups excluding carboxylic acids is 1. The number of aromatic nitrogens is 2. The molecule has 6 heteroatoms. The van der Waals surface area contributed by atoms with E-state index in [1.165, 1.54) is 6.42 Å². The van der Waals surface area contributed by atoms with E-state index in [2.05, 4.69) is 20.8 Å². The number of hydrogen-bond acceptors (Lipinski definition) is 5. The minimum Gasteiger partial charge on any atom is -0.352 e. The van der Waals surface area contributed by atoms with E-state index in [4.69, 9.17) is 4.52 Å². The van der Waals surface area contributed by atoms with Crippen molar-refractivity contribution in [1.82, 2.24) is 20.8 Å². The fourth-order valence-corrected chi connectivity index (χ4v) is 3.02. The molecule has 1 amide bonds. The Bertz CT molecular complexity index is 702. The van der Waals surface area contributed by atoms with Gasteiger partial charge in [-0.15, -0.1) is 0 Å². The highest BCUT2D eigenvalue weighted by Gasteiger charge is 2.21. The summed E-state index contributed by atoms with van der Waals surface area (Å²) in [7, 11) is 0. The van der Waals surface area contributed by atoms with Crippen molar-refractivity contribution in [2.75, 3.05) is 19.6 Å². The van der Waals surface area contributed by atoms with Crippen LogP contribution in [0, 0.1) is 12.8 Å².